The zero-order valence-electron chi connectivity index (χ0n) is 38.1. The molecular weight excluding hydrogens is 851 g/mol. The number of para-hydroxylation sites is 5. The van der Waals surface area contributed by atoms with Crippen molar-refractivity contribution in [2.24, 2.45) is 0 Å². The van der Waals surface area contributed by atoms with E-state index in [0.29, 0.717) is 0 Å². The lowest BCUT2D eigenvalue weighted by atomic mass is 9.99. The fraction of sp³-hybridized carbons (Fsp3) is 0. The molecule has 0 fully saturated rings. The first kappa shape index (κ1) is 39.8. The average molecular weight is 894 g/mol. The first-order valence-corrected chi connectivity index (χ1v) is 23.9. The minimum atomic E-state index is 0.898. The van der Waals surface area contributed by atoms with Gasteiger partial charge in [0, 0.05) is 60.8 Å². The van der Waals surface area contributed by atoms with Gasteiger partial charge in [0.05, 0.1) is 22.1 Å². The van der Waals surface area contributed by atoms with Crippen LogP contribution in [0.25, 0.3) is 110 Å². The number of benzene rings is 11. The quantitative estimate of drug-likeness (QED) is 0.152. The lowest BCUT2D eigenvalue weighted by Crippen LogP contribution is -2.10. The van der Waals surface area contributed by atoms with Crippen molar-refractivity contribution in [3.8, 4) is 44.8 Å². The number of nitrogens with zero attached hydrogens (tertiary/aromatic N) is 3. The lowest BCUT2D eigenvalue weighted by Gasteiger charge is -2.27. The van der Waals surface area contributed by atoms with Gasteiger partial charge in [-0.2, -0.15) is 0 Å². The van der Waals surface area contributed by atoms with Crippen LogP contribution in [0.15, 0.2) is 265 Å². The molecule has 0 atom stereocenters. The van der Waals surface area contributed by atoms with Crippen molar-refractivity contribution in [1.29, 1.82) is 0 Å². The topological polar surface area (TPSA) is 26.2 Å². The van der Waals surface area contributed by atoms with E-state index >= 15 is 0 Å². The monoisotopic (exact) mass is 893 g/mol. The summed E-state index contributed by atoms with van der Waals surface area (Å²) in [7, 11) is 0. The van der Waals surface area contributed by atoms with Crippen molar-refractivity contribution in [1.82, 2.24) is 9.13 Å². The predicted molar refractivity (Wildman–Crippen MR) is 293 cm³/mol. The summed E-state index contributed by atoms with van der Waals surface area (Å²) in [6.07, 6.45) is 0. The van der Waals surface area contributed by atoms with Gasteiger partial charge in [-0.05, 0) is 149 Å². The van der Waals surface area contributed by atoms with Crippen LogP contribution in [0.5, 0.6) is 0 Å². The molecule has 0 aliphatic heterocycles. The van der Waals surface area contributed by atoms with Crippen molar-refractivity contribution >= 4 is 82.6 Å². The molecule has 0 unspecified atom stereocenters. The normalized spacial score (nSPS) is 11.7. The summed E-state index contributed by atoms with van der Waals surface area (Å²) in [5.74, 6) is 0. The maximum Gasteiger partial charge on any atom is 0.135 e. The smallest absolute Gasteiger partial charge is 0.135 e. The predicted octanol–water partition coefficient (Wildman–Crippen LogP) is 18.3. The van der Waals surface area contributed by atoms with Crippen molar-refractivity contribution < 1.29 is 4.42 Å². The van der Waals surface area contributed by atoms with Crippen LogP contribution in [0.1, 0.15) is 0 Å². The molecule has 0 aliphatic carbocycles. The Bertz CT molecular complexity index is 4090. The van der Waals surface area contributed by atoms with Crippen LogP contribution in [0.2, 0.25) is 0 Å². The summed E-state index contributed by atoms with van der Waals surface area (Å²) < 4.78 is 10.9. The van der Waals surface area contributed by atoms with Gasteiger partial charge < -0.3 is 18.5 Å². The molecule has 4 nitrogen and oxygen atoms in total. The number of rotatable bonds is 8. The SMILES string of the molecule is c1ccc(-n2c3ccccc3c3cc(-c4cccc(N(c5ccc(-c6ccc7oc8ccccc8c7c6)cc5)c5cccc(-c6ccc7c(c6)c6ccccc6n7-c6ccccc6)c5)c4)ccc32)cc1. The Morgan fingerprint density at radius 3 is 1.23 bits per heavy atom. The molecule has 14 rings (SSSR count). The molecule has 3 aromatic heterocycles. The van der Waals surface area contributed by atoms with Gasteiger partial charge in [0.15, 0.2) is 0 Å². The fourth-order valence-electron chi connectivity index (χ4n) is 10.8. The third-order valence-electron chi connectivity index (χ3n) is 14.1. The van der Waals surface area contributed by atoms with Crippen LogP contribution in [0, 0.1) is 0 Å². The maximum atomic E-state index is 6.18. The van der Waals surface area contributed by atoms with Crippen LogP contribution >= 0.6 is 0 Å². The average Bonchev–Trinajstić information content (AvgIpc) is 4.09. The summed E-state index contributed by atoms with van der Waals surface area (Å²) in [6, 6.07) is 94.3. The van der Waals surface area contributed by atoms with E-state index in [0.717, 1.165) is 72.6 Å². The van der Waals surface area contributed by atoms with Crippen LogP contribution in [-0.2, 0) is 0 Å². The van der Waals surface area contributed by atoms with Crippen LogP contribution < -0.4 is 4.90 Å². The van der Waals surface area contributed by atoms with Gasteiger partial charge in [0.2, 0.25) is 0 Å². The second-order valence-corrected chi connectivity index (χ2v) is 18.1. The molecular formula is C66H43N3O. The minimum absolute atomic E-state index is 0.898. The van der Waals surface area contributed by atoms with E-state index in [1.165, 1.54) is 54.7 Å². The maximum absolute atomic E-state index is 6.18. The standard InChI is InChI=1S/C66H43N3O/c1-3-17-50(18-4-1)68-61-26-10-7-23-55(61)58-41-48(31-36-63(58)68)45-15-13-21-53(39-45)67(52-34-29-44(30-35-52)47-33-38-66-60(43-47)57-25-9-12-28-65(57)70-66)54-22-14-16-46(40-54)49-32-37-64-59(42-49)56-24-8-11-27-62(56)69(64)51-19-5-2-6-20-51/h1-43H. The zero-order chi connectivity index (χ0) is 46.1. The molecule has 3 heterocycles. The first-order chi connectivity index (χ1) is 34.7. The number of fused-ring (bicyclic) bond motifs is 9. The third kappa shape index (κ3) is 6.53. The molecule has 14 aromatic rings. The largest absolute Gasteiger partial charge is 0.456 e. The van der Waals surface area contributed by atoms with Gasteiger partial charge >= 0.3 is 0 Å². The number of hydrogen-bond donors (Lipinski definition) is 0. The van der Waals surface area contributed by atoms with Gasteiger partial charge in [-0.1, -0.05) is 146 Å². The molecule has 0 spiro atoms. The van der Waals surface area contributed by atoms with Crippen molar-refractivity contribution in [3.05, 3.63) is 261 Å². The third-order valence-corrected chi connectivity index (χ3v) is 14.1. The van der Waals surface area contributed by atoms with Crippen molar-refractivity contribution in [2.75, 3.05) is 4.90 Å². The van der Waals surface area contributed by atoms with E-state index in [9.17, 15) is 0 Å². The summed E-state index contributed by atoms with van der Waals surface area (Å²) in [5, 5.41) is 7.18. The molecule has 70 heavy (non-hydrogen) atoms. The van der Waals surface area contributed by atoms with E-state index in [-0.39, 0.29) is 0 Å². The summed E-state index contributed by atoms with van der Waals surface area (Å²) in [6.45, 7) is 0. The molecule has 328 valence electrons. The molecule has 0 saturated carbocycles. The zero-order valence-corrected chi connectivity index (χ0v) is 38.1. The number of hydrogen-bond acceptors (Lipinski definition) is 2. The molecule has 0 radical (unpaired) electrons. The van der Waals surface area contributed by atoms with Crippen molar-refractivity contribution in [3.63, 3.8) is 0 Å². The molecule has 0 amide bonds. The van der Waals surface area contributed by atoms with E-state index in [4.69, 9.17) is 4.42 Å². The van der Waals surface area contributed by atoms with Crippen LogP contribution in [-0.4, -0.2) is 9.13 Å². The Labute approximate surface area is 404 Å². The minimum Gasteiger partial charge on any atom is -0.456 e. The molecule has 4 heteroatoms. The lowest BCUT2D eigenvalue weighted by molar-refractivity contribution is 0.669. The van der Waals surface area contributed by atoms with E-state index in [1.807, 2.05) is 12.1 Å². The van der Waals surface area contributed by atoms with Gasteiger partial charge in [-0.3, -0.25) is 0 Å². The number of anilines is 3. The first-order valence-electron chi connectivity index (χ1n) is 23.9. The molecule has 0 N–H and O–H groups in total. The highest BCUT2D eigenvalue weighted by Crippen LogP contribution is 2.42. The van der Waals surface area contributed by atoms with E-state index in [2.05, 4.69) is 263 Å². The van der Waals surface area contributed by atoms with E-state index < -0.39 is 0 Å². The molecule has 0 aliphatic rings. The highest BCUT2D eigenvalue weighted by Gasteiger charge is 2.19. The summed E-state index contributed by atoms with van der Waals surface area (Å²) >= 11 is 0. The summed E-state index contributed by atoms with van der Waals surface area (Å²) in [4.78, 5) is 2.39. The Balaban J connectivity index is 0.897. The number of furan rings is 1. The Hall–Kier alpha value is -9.38. The second kappa shape index (κ2) is 16.2. The Morgan fingerprint density at radius 2 is 0.657 bits per heavy atom. The van der Waals surface area contributed by atoms with Gasteiger partial charge in [-0.25, -0.2) is 0 Å². The Morgan fingerprint density at radius 1 is 0.243 bits per heavy atom. The number of aromatic nitrogens is 2. The Kier molecular flexibility index (Phi) is 9.17. The molecule has 11 aromatic carbocycles. The van der Waals surface area contributed by atoms with E-state index in [1.54, 1.807) is 0 Å². The second-order valence-electron chi connectivity index (χ2n) is 18.1. The van der Waals surface area contributed by atoms with Gasteiger partial charge in [-0.15, -0.1) is 0 Å². The highest BCUT2D eigenvalue weighted by molar-refractivity contribution is 6.12. The van der Waals surface area contributed by atoms with Gasteiger partial charge in [0.25, 0.3) is 0 Å². The van der Waals surface area contributed by atoms with Crippen LogP contribution in [0.4, 0.5) is 17.1 Å². The summed E-state index contributed by atoms with van der Waals surface area (Å²) in [5.41, 5.74) is 19.0. The molecule has 0 saturated heterocycles. The molecule has 0 bridgehead atoms. The van der Waals surface area contributed by atoms with Crippen molar-refractivity contribution in [2.45, 2.75) is 0 Å². The van der Waals surface area contributed by atoms with Gasteiger partial charge in [0.1, 0.15) is 11.2 Å². The fourth-order valence-corrected chi connectivity index (χ4v) is 10.8. The van der Waals surface area contributed by atoms with Crippen LogP contribution in [0.3, 0.4) is 0 Å². The highest BCUT2D eigenvalue weighted by atomic mass is 16.3.